The van der Waals surface area contributed by atoms with Crippen LogP contribution in [-0.4, -0.2) is 56.0 Å². The average molecular weight is 434 g/mol. The molecule has 1 aromatic carbocycles. The summed E-state index contributed by atoms with van der Waals surface area (Å²) < 4.78 is 12.9. The van der Waals surface area contributed by atoms with Crippen LogP contribution in [0.4, 0.5) is 4.39 Å². The minimum absolute atomic E-state index is 0. The van der Waals surface area contributed by atoms with Crippen molar-refractivity contribution in [3.63, 3.8) is 0 Å². The van der Waals surface area contributed by atoms with Crippen LogP contribution in [0.1, 0.15) is 18.9 Å². The van der Waals surface area contributed by atoms with Crippen molar-refractivity contribution in [2.24, 2.45) is 10.9 Å². The van der Waals surface area contributed by atoms with E-state index in [1.807, 2.05) is 19.2 Å². The van der Waals surface area contributed by atoms with E-state index in [9.17, 15) is 4.39 Å². The Bertz CT molecular complexity index is 492. The first-order chi connectivity index (χ1) is 10.6. The molecule has 4 nitrogen and oxygen atoms in total. The molecule has 0 radical (unpaired) electrons. The topological polar surface area (TPSA) is 30.9 Å². The maximum atomic E-state index is 12.9. The van der Waals surface area contributed by atoms with E-state index in [2.05, 4.69) is 27.0 Å². The second kappa shape index (κ2) is 10.1. The first-order valence-corrected chi connectivity index (χ1v) is 8.01. The van der Waals surface area contributed by atoms with Crippen molar-refractivity contribution in [3.8, 4) is 0 Å². The molecule has 1 aromatic rings. The average Bonchev–Trinajstić information content (AvgIpc) is 2.98. The van der Waals surface area contributed by atoms with Crippen molar-refractivity contribution in [1.82, 2.24) is 15.1 Å². The summed E-state index contributed by atoms with van der Waals surface area (Å²) in [5, 5.41) is 3.46. The number of likely N-dealkylation sites (tertiary alicyclic amines) is 1. The van der Waals surface area contributed by atoms with Crippen LogP contribution in [0.5, 0.6) is 0 Å². The van der Waals surface area contributed by atoms with Gasteiger partial charge in [-0.05, 0) is 43.1 Å². The Morgan fingerprint density at radius 2 is 2.09 bits per heavy atom. The maximum absolute atomic E-state index is 12.9. The van der Waals surface area contributed by atoms with Crippen LogP contribution in [-0.2, 0) is 6.54 Å². The van der Waals surface area contributed by atoms with Gasteiger partial charge in [0.1, 0.15) is 5.82 Å². The highest BCUT2D eigenvalue weighted by Crippen LogP contribution is 2.14. The molecule has 1 saturated heterocycles. The van der Waals surface area contributed by atoms with E-state index in [0.717, 1.165) is 24.6 Å². The Labute approximate surface area is 156 Å². The van der Waals surface area contributed by atoms with E-state index >= 15 is 0 Å². The van der Waals surface area contributed by atoms with Gasteiger partial charge < -0.3 is 15.1 Å². The minimum Gasteiger partial charge on any atom is -0.356 e. The summed E-state index contributed by atoms with van der Waals surface area (Å²) in [6, 6.07) is 6.62. The molecular weight excluding hydrogens is 406 g/mol. The van der Waals surface area contributed by atoms with Crippen LogP contribution in [0.25, 0.3) is 0 Å². The predicted molar refractivity (Wildman–Crippen MR) is 105 cm³/mol. The lowest BCUT2D eigenvalue weighted by atomic mass is 10.1. The zero-order chi connectivity index (χ0) is 15.9. The molecule has 1 aliphatic heterocycles. The fourth-order valence-electron chi connectivity index (χ4n) is 2.93. The summed E-state index contributed by atoms with van der Waals surface area (Å²) in [6.07, 6.45) is 1.25. The quantitative estimate of drug-likeness (QED) is 0.440. The highest BCUT2D eigenvalue weighted by Gasteiger charge is 2.21. The van der Waals surface area contributed by atoms with Gasteiger partial charge in [-0.3, -0.25) is 4.99 Å². The van der Waals surface area contributed by atoms with Crippen LogP contribution >= 0.6 is 24.0 Å². The standard InChI is InChI=1S/C17H27FN4.HI/c1-4-22-10-9-15(13-22)11-20-17(19-2)21(3)12-14-5-7-16(18)8-6-14;/h5-8,15H,4,9-13H2,1-3H3,(H,19,20);1H. The molecule has 0 aromatic heterocycles. The number of benzene rings is 1. The molecule has 0 bridgehead atoms. The first-order valence-electron chi connectivity index (χ1n) is 8.01. The van der Waals surface area contributed by atoms with Crippen molar-refractivity contribution in [1.29, 1.82) is 0 Å². The van der Waals surface area contributed by atoms with Gasteiger partial charge in [0.2, 0.25) is 0 Å². The summed E-state index contributed by atoms with van der Waals surface area (Å²) in [5.41, 5.74) is 1.07. The van der Waals surface area contributed by atoms with Crippen LogP contribution in [0.3, 0.4) is 0 Å². The molecule has 23 heavy (non-hydrogen) atoms. The third-order valence-electron chi connectivity index (χ3n) is 4.27. The number of hydrogen-bond acceptors (Lipinski definition) is 2. The summed E-state index contributed by atoms with van der Waals surface area (Å²) in [5.74, 6) is 1.38. The fourth-order valence-corrected chi connectivity index (χ4v) is 2.93. The van der Waals surface area contributed by atoms with Crippen molar-refractivity contribution in [2.45, 2.75) is 19.9 Å². The predicted octanol–water partition coefficient (Wildman–Crippen LogP) is 2.79. The zero-order valence-corrected chi connectivity index (χ0v) is 16.6. The van der Waals surface area contributed by atoms with Gasteiger partial charge in [-0.15, -0.1) is 24.0 Å². The minimum atomic E-state index is -0.198. The Morgan fingerprint density at radius 1 is 1.39 bits per heavy atom. The number of halogens is 2. The van der Waals surface area contributed by atoms with Gasteiger partial charge >= 0.3 is 0 Å². The normalized spacial score (nSPS) is 18.6. The van der Waals surface area contributed by atoms with Crippen molar-refractivity contribution in [2.75, 3.05) is 40.3 Å². The van der Waals surface area contributed by atoms with Crippen molar-refractivity contribution < 1.29 is 4.39 Å². The summed E-state index contributed by atoms with van der Waals surface area (Å²) in [4.78, 5) is 8.90. The molecule has 1 N–H and O–H groups in total. The van der Waals surface area contributed by atoms with Gasteiger partial charge in [0.25, 0.3) is 0 Å². The Hall–Kier alpha value is -0.890. The fraction of sp³-hybridized carbons (Fsp3) is 0.588. The monoisotopic (exact) mass is 434 g/mol. The Morgan fingerprint density at radius 3 is 2.65 bits per heavy atom. The second-order valence-corrected chi connectivity index (χ2v) is 5.96. The molecule has 1 heterocycles. The van der Waals surface area contributed by atoms with Crippen LogP contribution in [0.15, 0.2) is 29.3 Å². The van der Waals surface area contributed by atoms with Gasteiger partial charge in [0.05, 0.1) is 0 Å². The molecule has 0 spiro atoms. The molecule has 2 rings (SSSR count). The number of guanidine groups is 1. The summed E-state index contributed by atoms with van der Waals surface area (Å²) >= 11 is 0. The number of rotatable bonds is 5. The molecule has 0 aliphatic carbocycles. The van der Waals surface area contributed by atoms with Gasteiger partial charge in [-0.25, -0.2) is 4.39 Å². The lowest BCUT2D eigenvalue weighted by Gasteiger charge is -2.23. The van der Waals surface area contributed by atoms with Crippen LogP contribution < -0.4 is 5.32 Å². The van der Waals surface area contributed by atoms with Gasteiger partial charge in [-0.1, -0.05) is 19.1 Å². The lowest BCUT2D eigenvalue weighted by Crippen LogP contribution is -2.41. The molecule has 1 aliphatic rings. The van der Waals surface area contributed by atoms with E-state index in [-0.39, 0.29) is 29.8 Å². The molecular formula is C17H28FIN4. The molecule has 6 heteroatoms. The van der Waals surface area contributed by atoms with E-state index in [0.29, 0.717) is 12.5 Å². The lowest BCUT2D eigenvalue weighted by molar-refractivity contribution is 0.340. The zero-order valence-electron chi connectivity index (χ0n) is 14.3. The molecule has 1 unspecified atom stereocenters. The van der Waals surface area contributed by atoms with Crippen LogP contribution in [0, 0.1) is 11.7 Å². The number of nitrogens with one attached hydrogen (secondary N) is 1. The van der Waals surface area contributed by atoms with Crippen LogP contribution in [0.2, 0.25) is 0 Å². The molecule has 130 valence electrons. The Balaban J connectivity index is 0.00000264. The maximum Gasteiger partial charge on any atom is 0.193 e. The SMILES string of the molecule is CCN1CCC(CNC(=NC)N(C)Cc2ccc(F)cc2)C1.I. The van der Waals surface area contributed by atoms with Crippen molar-refractivity contribution in [3.05, 3.63) is 35.6 Å². The second-order valence-electron chi connectivity index (χ2n) is 5.96. The first kappa shape index (κ1) is 20.2. The number of nitrogens with zero attached hydrogens (tertiary/aromatic N) is 3. The van der Waals surface area contributed by atoms with E-state index in [4.69, 9.17) is 0 Å². The summed E-state index contributed by atoms with van der Waals surface area (Å²) in [6.45, 7) is 7.39. The van der Waals surface area contributed by atoms with E-state index in [1.165, 1.54) is 31.6 Å². The smallest absolute Gasteiger partial charge is 0.193 e. The summed E-state index contributed by atoms with van der Waals surface area (Å²) in [7, 11) is 3.81. The molecule has 1 fully saturated rings. The molecule has 0 amide bonds. The number of aliphatic imine (C=N–C) groups is 1. The third kappa shape index (κ3) is 6.25. The van der Waals surface area contributed by atoms with Crippen molar-refractivity contribution >= 4 is 29.9 Å². The Kier molecular flexibility index (Phi) is 8.83. The molecule has 1 atom stereocenters. The number of hydrogen-bond donors (Lipinski definition) is 1. The van der Waals surface area contributed by atoms with Gasteiger partial charge in [-0.2, -0.15) is 0 Å². The molecule has 0 saturated carbocycles. The van der Waals surface area contributed by atoms with Gasteiger partial charge in [0.15, 0.2) is 5.96 Å². The van der Waals surface area contributed by atoms with E-state index < -0.39 is 0 Å². The highest BCUT2D eigenvalue weighted by atomic mass is 127. The largest absolute Gasteiger partial charge is 0.356 e. The van der Waals surface area contributed by atoms with Gasteiger partial charge in [0, 0.05) is 33.7 Å². The van der Waals surface area contributed by atoms with E-state index in [1.54, 1.807) is 7.05 Å². The highest BCUT2D eigenvalue weighted by molar-refractivity contribution is 14.0. The third-order valence-corrected chi connectivity index (χ3v) is 4.27.